The topological polar surface area (TPSA) is 55.8 Å². The summed E-state index contributed by atoms with van der Waals surface area (Å²) in [6.45, 7) is 0. The number of aliphatic carboxylic acids is 1. The number of aryl methyl sites for hydroxylation is 2. The van der Waals surface area contributed by atoms with E-state index < -0.39 is 5.97 Å². The van der Waals surface area contributed by atoms with Gasteiger partial charge >= 0.3 is 5.97 Å². The van der Waals surface area contributed by atoms with Crippen LogP contribution in [0.1, 0.15) is 35.6 Å². The Labute approximate surface area is 135 Å². The molecule has 1 unspecified atom stereocenters. The van der Waals surface area contributed by atoms with E-state index in [1.54, 1.807) is 7.11 Å². The molecule has 1 N–H and O–H groups in total. The third kappa shape index (κ3) is 3.65. The Hall–Kier alpha value is -2.49. The molecule has 0 aromatic heterocycles. The van der Waals surface area contributed by atoms with Gasteiger partial charge in [0.05, 0.1) is 7.11 Å². The zero-order valence-electron chi connectivity index (χ0n) is 13.1. The average molecular weight is 312 g/mol. The summed E-state index contributed by atoms with van der Waals surface area (Å²) in [4.78, 5) is 10.6. The molecule has 0 fully saturated rings. The molecule has 4 heteroatoms. The first-order chi connectivity index (χ1) is 11.2. The second-order valence-corrected chi connectivity index (χ2v) is 5.75. The van der Waals surface area contributed by atoms with Crippen molar-refractivity contribution in [2.24, 2.45) is 0 Å². The largest absolute Gasteiger partial charge is 0.497 e. The Morgan fingerprint density at radius 1 is 1.17 bits per heavy atom. The Bertz CT molecular complexity index is 691. The fourth-order valence-corrected chi connectivity index (χ4v) is 2.95. The van der Waals surface area contributed by atoms with Crippen molar-refractivity contribution in [1.82, 2.24) is 0 Å². The zero-order chi connectivity index (χ0) is 16.2. The van der Waals surface area contributed by atoms with Gasteiger partial charge < -0.3 is 14.6 Å². The van der Waals surface area contributed by atoms with Crippen LogP contribution in [0.25, 0.3) is 0 Å². The highest BCUT2D eigenvalue weighted by Gasteiger charge is 2.24. The summed E-state index contributed by atoms with van der Waals surface area (Å²) in [6.07, 6.45) is 2.72. The molecule has 0 radical (unpaired) electrons. The maximum Gasteiger partial charge on any atom is 0.303 e. The molecule has 1 aliphatic rings. The first kappa shape index (κ1) is 15.4. The second kappa shape index (κ2) is 6.73. The van der Waals surface area contributed by atoms with E-state index in [2.05, 4.69) is 12.1 Å². The van der Waals surface area contributed by atoms with Crippen LogP contribution in [0, 0.1) is 0 Å². The first-order valence-electron chi connectivity index (χ1n) is 7.80. The van der Waals surface area contributed by atoms with E-state index in [1.165, 1.54) is 11.1 Å². The quantitative estimate of drug-likeness (QED) is 0.882. The van der Waals surface area contributed by atoms with E-state index >= 15 is 0 Å². The van der Waals surface area contributed by atoms with Crippen LogP contribution >= 0.6 is 0 Å². The van der Waals surface area contributed by atoms with Crippen molar-refractivity contribution in [2.75, 3.05) is 7.11 Å². The van der Waals surface area contributed by atoms with Gasteiger partial charge in [0.25, 0.3) is 0 Å². The molecule has 0 aliphatic heterocycles. The lowest BCUT2D eigenvalue weighted by atomic mass is 10.1. The fourth-order valence-electron chi connectivity index (χ4n) is 2.95. The van der Waals surface area contributed by atoms with Gasteiger partial charge in [-0.05, 0) is 60.2 Å². The summed E-state index contributed by atoms with van der Waals surface area (Å²) < 4.78 is 11.4. The highest BCUT2D eigenvalue weighted by atomic mass is 16.5. The Morgan fingerprint density at radius 3 is 2.61 bits per heavy atom. The molecule has 0 spiro atoms. The number of carboxylic acids is 1. The van der Waals surface area contributed by atoms with E-state index in [-0.39, 0.29) is 12.5 Å². The summed E-state index contributed by atoms with van der Waals surface area (Å²) in [5, 5.41) is 8.72. The van der Waals surface area contributed by atoms with Gasteiger partial charge in [-0.3, -0.25) is 4.79 Å². The second-order valence-electron chi connectivity index (χ2n) is 5.75. The molecule has 2 aromatic rings. The first-order valence-corrected chi connectivity index (χ1v) is 7.80. The van der Waals surface area contributed by atoms with Crippen LogP contribution in [-0.4, -0.2) is 18.2 Å². The summed E-state index contributed by atoms with van der Waals surface area (Å²) >= 11 is 0. The molecule has 3 rings (SSSR count). The van der Waals surface area contributed by atoms with Gasteiger partial charge in [-0.25, -0.2) is 0 Å². The summed E-state index contributed by atoms with van der Waals surface area (Å²) in [6, 6.07) is 13.8. The lowest BCUT2D eigenvalue weighted by Gasteiger charge is -2.15. The van der Waals surface area contributed by atoms with Crippen molar-refractivity contribution >= 4 is 5.97 Å². The lowest BCUT2D eigenvalue weighted by molar-refractivity contribution is -0.136. The molecular weight excluding hydrogens is 292 g/mol. The van der Waals surface area contributed by atoms with Crippen LogP contribution in [-0.2, 0) is 17.6 Å². The van der Waals surface area contributed by atoms with Gasteiger partial charge in [0, 0.05) is 6.42 Å². The van der Waals surface area contributed by atoms with Gasteiger partial charge in [-0.1, -0.05) is 18.2 Å². The summed E-state index contributed by atoms with van der Waals surface area (Å²) in [7, 11) is 1.68. The molecular formula is C19H20O4. The molecule has 0 saturated carbocycles. The van der Waals surface area contributed by atoms with Crippen molar-refractivity contribution < 1.29 is 19.4 Å². The number of rotatable bonds is 6. The van der Waals surface area contributed by atoms with E-state index in [0.717, 1.165) is 29.9 Å². The molecule has 23 heavy (non-hydrogen) atoms. The molecule has 0 heterocycles. The van der Waals surface area contributed by atoms with Crippen LogP contribution in [0.2, 0.25) is 0 Å². The third-order valence-electron chi connectivity index (χ3n) is 4.20. The number of methoxy groups -OCH3 is 1. The van der Waals surface area contributed by atoms with E-state index in [4.69, 9.17) is 14.6 Å². The maximum atomic E-state index is 10.6. The minimum atomic E-state index is -0.775. The number of hydrogen-bond acceptors (Lipinski definition) is 3. The summed E-state index contributed by atoms with van der Waals surface area (Å²) in [5.41, 5.74) is 3.52. The van der Waals surface area contributed by atoms with Crippen molar-refractivity contribution in [2.45, 2.75) is 31.8 Å². The highest BCUT2D eigenvalue weighted by Crippen LogP contribution is 2.36. The van der Waals surface area contributed by atoms with Gasteiger partial charge in [0.2, 0.25) is 0 Å². The van der Waals surface area contributed by atoms with Crippen molar-refractivity contribution in [3.05, 3.63) is 59.2 Å². The van der Waals surface area contributed by atoms with Crippen LogP contribution in [0.3, 0.4) is 0 Å². The van der Waals surface area contributed by atoms with Crippen LogP contribution in [0.4, 0.5) is 0 Å². The average Bonchev–Trinajstić information content (AvgIpc) is 2.96. The number of benzene rings is 2. The maximum absolute atomic E-state index is 10.6. The molecule has 120 valence electrons. The molecule has 0 saturated heterocycles. The fraction of sp³-hybridized carbons (Fsp3) is 0.316. The van der Waals surface area contributed by atoms with Crippen molar-refractivity contribution in [3.8, 4) is 11.5 Å². The minimum Gasteiger partial charge on any atom is -0.497 e. The standard InChI is InChI=1S/C19H20O4/c1-22-16-8-9-17-14(12-16)5-10-18(17)23-15-6-2-13(3-7-15)4-11-19(20)21/h2-3,6-9,12,18H,4-5,10-11H2,1H3,(H,20,21). The molecule has 0 amide bonds. The monoisotopic (exact) mass is 312 g/mol. The van der Waals surface area contributed by atoms with E-state index in [9.17, 15) is 4.79 Å². The van der Waals surface area contributed by atoms with Crippen molar-refractivity contribution in [1.29, 1.82) is 0 Å². The molecule has 4 nitrogen and oxygen atoms in total. The Morgan fingerprint density at radius 2 is 1.91 bits per heavy atom. The van der Waals surface area contributed by atoms with Crippen molar-refractivity contribution in [3.63, 3.8) is 0 Å². The predicted octanol–water partition coefficient (Wildman–Crippen LogP) is 3.78. The van der Waals surface area contributed by atoms with E-state index in [1.807, 2.05) is 30.3 Å². The van der Waals surface area contributed by atoms with E-state index in [0.29, 0.717) is 6.42 Å². The van der Waals surface area contributed by atoms with Gasteiger partial charge in [-0.2, -0.15) is 0 Å². The normalized spacial score (nSPS) is 16.0. The summed E-state index contributed by atoms with van der Waals surface area (Å²) in [5.74, 6) is 0.924. The predicted molar refractivity (Wildman–Crippen MR) is 87.1 cm³/mol. The number of carbonyl (C=O) groups is 1. The smallest absolute Gasteiger partial charge is 0.303 e. The zero-order valence-corrected chi connectivity index (χ0v) is 13.1. The number of carboxylic acid groups (broad SMARTS) is 1. The Balaban J connectivity index is 1.66. The van der Waals surface area contributed by atoms with Crippen LogP contribution < -0.4 is 9.47 Å². The lowest BCUT2D eigenvalue weighted by Crippen LogP contribution is -2.03. The molecule has 0 bridgehead atoms. The Kier molecular flexibility index (Phi) is 4.51. The number of ether oxygens (including phenoxy) is 2. The SMILES string of the molecule is COc1ccc2c(c1)CCC2Oc1ccc(CCC(=O)O)cc1. The minimum absolute atomic E-state index is 0.0702. The van der Waals surface area contributed by atoms with Gasteiger partial charge in [0.1, 0.15) is 17.6 Å². The van der Waals surface area contributed by atoms with Crippen LogP contribution in [0.5, 0.6) is 11.5 Å². The van der Waals surface area contributed by atoms with Crippen LogP contribution in [0.15, 0.2) is 42.5 Å². The number of fused-ring (bicyclic) bond motifs is 1. The van der Waals surface area contributed by atoms with Gasteiger partial charge in [-0.15, -0.1) is 0 Å². The molecule has 1 aliphatic carbocycles. The number of hydrogen-bond donors (Lipinski definition) is 1. The van der Waals surface area contributed by atoms with Gasteiger partial charge in [0.15, 0.2) is 0 Å². The highest BCUT2D eigenvalue weighted by molar-refractivity contribution is 5.67. The third-order valence-corrected chi connectivity index (χ3v) is 4.20. The molecule has 1 atom stereocenters. The molecule has 2 aromatic carbocycles.